The van der Waals surface area contributed by atoms with Gasteiger partial charge in [-0.1, -0.05) is 0 Å². The van der Waals surface area contributed by atoms with Crippen LogP contribution in [0.25, 0.3) is 0 Å². The van der Waals surface area contributed by atoms with Crippen LogP contribution in [0.15, 0.2) is 0 Å². The monoisotopic (exact) mass is 422 g/mol. The van der Waals surface area contributed by atoms with Crippen LogP contribution in [0.3, 0.4) is 0 Å². The van der Waals surface area contributed by atoms with Gasteiger partial charge in [-0.3, -0.25) is 24.1 Å². The van der Waals surface area contributed by atoms with Crippen molar-refractivity contribution in [2.24, 2.45) is 11.7 Å². The first-order valence-corrected chi connectivity index (χ1v) is 10.3. The summed E-state index contributed by atoms with van der Waals surface area (Å²) in [7, 11) is 5.36. The predicted octanol–water partition coefficient (Wildman–Crippen LogP) is -0.955. The van der Waals surface area contributed by atoms with E-state index in [1.165, 1.54) is 16.2 Å². The highest BCUT2D eigenvalue weighted by Gasteiger charge is 2.37. The summed E-state index contributed by atoms with van der Waals surface area (Å²) < 4.78 is 0. The number of nitrogens with one attached hydrogen (secondary N) is 2. The molecule has 1 aliphatic carbocycles. The van der Waals surface area contributed by atoms with E-state index in [1.54, 1.807) is 14.1 Å². The van der Waals surface area contributed by atoms with E-state index in [9.17, 15) is 19.2 Å². The van der Waals surface area contributed by atoms with Crippen LogP contribution in [0.5, 0.6) is 0 Å². The van der Waals surface area contributed by atoms with Gasteiger partial charge in [0.1, 0.15) is 0 Å². The van der Waals surface area contributed by atoms with Crippen LogP contribution in [0, 0.1) is 5.92 Å². The van der Waals surface area contributed by atoms with Gasteiger partial charge in [0.25, 0.3) is 5.91 Å². The number of fused-ring (bicyclic) bond motifs is 1. The van der Waals surface area contributed by atoms with Gasteiger partial charge in [0.05, 0.1) is 11.7 Å². The Morgan fingerprint density at radius 1 is 1.14 bits per heavy atom. The first kappa shape index (κ1) is 21.2. The number of hydrogen-bond donors (Lipinski definition) is 3. The minimum Gasteiger partial charge on any atom is -0.361 e. The third-order valence-electron chi connectivity index (χ3n) is 5.30. The van der Waals surface area contributed by atoms with Gasteiger partial charge in [-0.25, -0.2) is 4.98 Å². The molecule has 1 aliphatic heterocycles. The number of carbonyl (C=O) groups excluding carboxylic acids is 4. The molecule has 1 aromatic rings. The molecule has 158 valence electrons. The maximum Gasteiger partial charge on any atom is 0.309 e. The Bertz CT molecular complexity index is 815. The molecule has 10 nitrogen and oxygen atoms in total. The smallest absolute Gasteiger partial charge is 0.309 e. The third-order valence-corrected chi connectivity index (χ3v) is 6.38. The Morgan fingerprint density at radius 3 is 2.48 bits per heavy atom. The molecule has 1 aromatic heterocycles. The summed E-state index contributed by atoms with van der Waals surface area (Å²) in [6, 6.07) is -0.988. The summed E-state index contributed by atoms with van der Waals surface area (Å²) in [5.41, 5.74) is 5.96. The zero-order valence-corrected chi connectivity index (χ0v) is 17.5. The number of aromatic nitrogens is 1. The zero-order valence-electron chi connectivity index (χ0n) is 16.7. The number of nitrogens with zero attached hydrogens (tertiary/aromatic N) is 3. The number of nitrogens with two attached hydrogens (primary N) is 1. The number of thiazole rings is 1. The maximum atomic E-state index is 12.8. The molecular weight excluding hydrogens is 396 g/mol. The highest BCUT2D eigenvalue weighted by Crippen LogP contribution is 2.29. The van der Waals surface area contributed by atoms with Crippen molar-refractivity contribution in [3.8, 4) is 0 Å². The van der Waals surface area contributed by atoms with Crippen LogP contribution in [0.2, 0.25) is 0 Å². The highest BCUT2D eigenvalue weighted by molar-refractivity contribution is 7.13. The van der Waals surface area contributed by atoms with Gasteiger partial charge in [-0.2, -0.15) is 0 Å². The van der Waals surface area contributed by atoms with Crippen molar-refractivity contribution in [1.29, 1.82) is 0 Å². The first-order chi connectivity index (χ1) is 13.7. The number of hydrogen-bond acceptors (Lipinski definition) is 7. The standard InChI is InChI=1S/C18H26N6O4S/c1-23(2)18(28)9-4-5-10(20-15(26)14(19)25)11(6-9)21-16(27)17-22-12-7-24(3)8-13(12)29-17/h9-11H,4-8H2,1-3H3,(H2,19,25)(H,20,26)(H,21,27)/t9-,10-,11+/m0/s1. The maximum absolute atomic E-state index is 12.8. The zero-order chi connectivity index (χ0) is 21.3. The van der Waals surface area contributed by atoms with Gasteiger partial charge in [-0.05, 0) is 26.3 Å². The van der Waals surface area contributed by atoms with E-state index in [0.29, 0.717) is 30.8 Å². The van der Waals surface area contributed by atoms with Crippen molar-refractivity contribution >= 4 is 35.0 Å². The van der Waals surface area contributed by atoms with Crippen LogP contribution in [0.1, 0.15) is 39.6 Å². The quantitative estimate of drug-likeness (QED) is 0.535. The molecule has 1 saturated carbocycles. The van der Waals surface area contributed by atoms with Gasteiger partial charge < -0.3 is 21.3 Å². The molecule has 11 heteroatoms. The van der Waals surface area contributed by atoms with Crippen LogP contribution >= 0.6 is 11.3 Å². The number of primary amides is 1. The van der Waals surface area contributed by atoms with Crippen molar-refractivity contribution in [3.63, 3.8) is 0 Å². The van der Waals surface area contributed by atoms with Crippen molar-refractivity contribution in [2.45, 2.75) is 44.4 Å². The normalized spacial score (nSPS) is 23.9. The Labute approximate surface area is 172 Å². The molecule has 2 aliphatic rings. The van der Waals surface area contributed by atoms with Crippen LogP contribution in [-0.2, 0) is 27.5 Å². The molecule has 2 heterocycles. The fraction of sp³-hybridized carbons (Fsp3) is 0.611. The molecule has 3 rings (SSSR count). The molecule has 4 amide bonds. The molecule has 4 N–H and O–H groups in total. The average Bonchev–Trinajstić information content (AvgIpc) is 3.19. The first-order valence-electron chi connectivity index (χ1n) is 9.45. The van der Waals surface area contributed by atoms with Crippen molar-refractivity contribution < 1.29 is 19.2 Å². The Hall–Kier alpha value is -2.53. The van der Waals surface area contributed by atoms with Gasteiger partial charge in [0.2, 0.25) is 5.91 Å². The number of carbonyl (C=O) groups is 4. The molecule has 3 atom stereocenters. The van der Waals surface area contributed by atoms with E-state index in [-0.39, 0.29) is 17.7 Å². The molecule has 0 bridgehead atoms. The van der Waals surface area contributed by atoms with Crippen LogP contribution < -0.4 is 16.4 Å². The van der Waals surface area contributed by atoms with Crippen molar-refractivity contribution in [3.05, 3.63) is 15.6 Å². The fourth-order valence-electron chi connectivity index (χ4n) is 3.85. The van der Waals surface area contributed by atoms with E-state index >= 15 is 0 Å². The lowest BCUT2D eigenvalue weighted by molar-refractivity contribution is -0.138. The number of rotatable bonds is 4. The lowest BCUT2D eigenvalue weighted by Crippen LogP contribution is -2.57. The molecule has 1 fully saturated rings. The molecule has 0 saturated heterocycles. The molecule has 0 spiro atoms. The fourth-order valence-corrected chi connectivity index (χ4v) is 4.90. The minimum absolute atomic E-state index is 0.0276. The van der Waals surface area contributed by atoms with Crippen LogP contribution in [-0.4, -0.2) is 71.6 Å². The van der Waals surface area contributed by atoms with E-state index in [0.717, 1.165) is 17.1 Å². The summed E-state index contributed by atoms with van der Waals surface area (Å²) in [5, 5.41) is 5.86. The Balaban J connectivity index is 1.73. The van der Waals surface area contributed by atoms with E-state index < -0.39 is 23.9 Å². The third kappa shape index (κ3) is 4.73. The summed E-state index contributed by atoms with van der Waals surface area (Å²) >= 11 is 1.35. The predicted molar refractivity (Wildman–Crippen MR) is 106 cm³/mol. The largest absolute Gasteiger partial charge is 0.361 e. The Morgan fingerprint density at radius 2 is 1.86 bits per heavy atom. The summed E-state index contributed by atoms with van der Waals surface area (Å²) in [4.78, 5) is 57.2. The van der Waals surface area contributed by atoms with Gasteiger partial charge in [0, 0.05) is 44.0 Å². The summed E-state index contributed by atoms with van der Waals surface area (Å²) in [6.07, 6.45) is 1.36. The minimum atomic E-state index is -1.08. The second-order valence-electron chi connectivity index (χ2n) is 7.83. The van der Waals surface area contributed by atoms with Crippen LogP contribution in [0.4, 0.5) is 0 Å². The SMILES string of the molecule is CN1Cc2nc(C(=O)N[C@@H]3C[C@@H](C(=O)N(C)C)CC[C@@H]3NC(=O)C(N)=O)sc2C1. The van der Waals surface area contributed by atoms with Gasteiger partial charge in [-0.15, -0.1) is 11.3 Å². The van der Waals surface area contributed by atoms with Gasteiger partial charge in [0.15, 0.2) is 5.01 Å². The second-order valence-corrected chi connectivity index (χ2v) is 8.91. The number of amides is 4. The van der Waals surface area contributed by atoms with E-state index in [4.69, 9.17) is 5.73 Å². The molecule has 29 heavy (non-hydrogen) atoms. The second kappa shape index (κ2) is 8.46. The van der Waals surface area contributed by atoms with Crippen molar-refractivity contribution in [1.82, 2.24) is 25.4 Å². The average molecular weight is 423 g/mol. The molecule has 0 aromatic carbocycles. The van der Waals surface area contributed by atoms with E-state index in [1.807, 2.05) is 7.05 Å². The lowest BCUT2D eigenvalue weighted by Gasteiger charge is -2.36. The topological polar surface area (TPSA) is 138 Å². The van der Waals surface area contributed by atoms with Crippen molar-refractivity contribution in [2.75, 3.05) is 21.1 Å². The molecule has 0 unspecified atom stereocenters. The van der Waals surface area contributed by atoms with E-state index in [2.05, 4.69) is 20.5 Å². The molecule has 0 radical (unpaired) electrons. The summed E-state index contributed by atoms with van der Waals surface area (Å²) in [6.45, 7) is 1.47. The summed E-state index contributed by atoms with van der Waals surface area (Å²) in [5.74, 6) is -2.62. The Kier molecular flexibility index (Phi) is 6.18. The van der Waals surface area contributed by atoms with Gasteiger partial charge >= 0.3 is 11.8 Å². The lowest BCUT2D eigenvalue weighted by atomic mass is 9.81. The highest BCUT2D eigenvalue weighted by atomic mass is 32.1. The molecular formula is C18H26N6O4S.